The summed E-state index contributed by atoms with van der Waals surface area (Å²) < 4.78 is 0. The third kappa shape index (κ3) is 3.81. The third-order valence-electron chi connectivity index (χ3n) is 6.70. The lowest BCUT2D eigenvalue weighted by Gasteiger charge is -2.48. The molecule has 2 aromatic rings. The summed E-state index contributed by atoms with van der Waals surface area (Å²) in [5, 5.41) is 5.64. The lowest BCUT2D eigenvalue weighted by atomic mass is 9.68. The van der Waals surface area contributed by atoms with Gasteiger partial charge in [-0.3, -0.25) is 19.4 Å². The molecule has 1 saturated carbocycles. The second-order valence-corrected chi connectivity index (χ2v) is 8.61. The van der Waals surface area contributed by atoms with Crippen LogP contribution in [0.4, 0.5) is 10.5 Å². The van der Waals surface area contributed by atoms with E-state index in [9.17, 15) is 14.4 Å². The van der Waals surface area contributed by atoms with Crippen LogP contribution in [0.3, 0.4) is 0 Å². The van der Waals surface area contributed by atoms with Crippen LogP contribution in [-0.4, -0.2) is 53.8 Å². The first-order chi connectivity index (χ1) is 14.9. The van der Waals surface area contributed by atoms with Gasteiger partial charge in [-0.1, -0.05) is 48.5 Å². The van der Waals surface area contributed by atoms with E-state index in [0.29, 0.717) is 18.5 Å². The summed E-state index contributed by atoms with van der Waals surface area (Å²) in [7, 11) is 4.11. The van der Waals surface area contributed by atoms with E-state index in [1.165, 1.54) is 5.56 Å². The van der Waals surface area contributed by atoms with E-state index in [0.717, 1.165) is 17.7 Å². The largest absolute Gasteiger partial charge is 0.325 e. The Kier molecular flexibility index (Phi) is 5.54. The molecule has 1 spiro atoms. The zero-order valence-electron chi connectivity index (χ0n) is 17.9. The maximum Gasteiger partial charge on any atom is 0.325 e. The molecule has 4 amide bonds. The lowest BCUT2D eigenvalue weighted by molar-refractivity contribution is -0.135. The van der Waals surface area contributed by atoms with Crippen molar-refractivity contribution in [1.82, 2.24) is 15.1 Å². The molecule has 0 unspecified atom stereocenters. The minimum atomic E-state index is -0.932. The van der Waals surface area contributed by atoms with Crippen LogP contribution >= 0.6 is 0 Å². The van der Waals surface area contributed by atoms with Crippen LogP contribution in [-0.2, 0) is 15.1 Å². The number of benzene rings is 2. The molecule has 2 N–H and O–H groups in total. The predicted octanol–water partition coefficient (Wildman–Crippen LogP) is 2.95. The number of amides is 4. The fraction of sp³-hybridized carbons (Fsp3) is 0.375. The van der Waals surface area contributed by atoms with Gasteiger partial charge in [-0.25, -0.2) is 4.79 Å². The molecule has 2 fully saturated rings. The molecule has 1 heterocycles. The molecule has 7 nitrogen and oxygen atoms in total. The molecule has 2 aromatic carbocycles. The zero-order valence-corrected chi connectivity index (χ0v) is 17.9. The van der Waals surface area contributed by atoms with Crippen molar-refractivity contribution in [2.75, 3.05) is 26.0 Å². The van der Waals surface area contributed by atoms with Gasteiger partial charge >= 0.3 is 6.03 Å². The Balaban J connectivity index is 1.47. The smallest absolute Gasteiger partial charge is 0.325 e. The van der Waals surface area contributed by atoms with Crippen molar-refractivity contribution in [3.05, 3.63) is 66.2 Å². The highest BCUT2D eigenvalue weighted by Crippen LogP contribution is 2.46. The van der Waals surface area contributed by atoms with Crippen LogP contribution in [0.25, 0.3) is 0 Å². The molecule has 1 saturated heterocycles. The van der Waals surface area contributed by atoms with Gasteiger partial charge in [0.05, 0.1) is 0 Å². The third-order valence-corrected chi connectivity index (χ3v) is 6.70. The van der Waals surface area contributed by atoms with E-state index in [-0.39, 0.29) is 18.0 Å². The van der Waals surface area contributed by atoms with Crippen LogP contribution in [0.1, 0.15) is 31.2 Å². The number of nitrogens with one attached hydrogen (secondary N) is 2. The second-order valence-electron chi connectivity index (χ2n) is 8.61. The highest BCUT2D eigenvalue weighted by atomic mass is 16.2. The van der Waals surface area contributed by atoms with Crippen LogP contribution < -0.4 is 10.6 Å². The highest BCUT2D eigenvalue weighted by molar-refractivity contribution is 6.10. The lowest BCUT2D eigenvalue weighted by Crippen LogP contribution is -2.55. The van der Waals surface area contributed by atoms with Gasteiger partial charge in [-0.15, -0.1) is 0 Å². The number of carbonyl (C=O) groups is 3. The van der Waals surface area contributed by atoms with Gasteiger partial charge < -0.3 is 10.6 Å². The summed E-state index contributed by atoms with van der Waals surface area (Å²) >= 11 is 0. The van der Waals surface area contributed by atoms with Crippen molar-refractivity contribution >= 4 is 23.5 Å². The molecule has 4 rings (SSSR count). The summed E-state index contributed by atoms with van der Waals surface area (Å²) in [5.74, 6) is -0.699. The van der Waals surface area contributed by atoms with Crippen molar-refractivity contribution in [2.45, 2.75) is 36.8 Å². The van der Waals surface area contributed by atoms with Crippen molar-refractivity contribution in [2.24, 2.45) is 0 Å². The minimum Gasteiger partial charge on any atom is -0.325 e. The number of hydrogen-bond donors (Lipinski definition) is 2. The van der Waals surface area contributed by atoms with Gasteiger partial charge in [0.15, 0.2) is 0 Å². The Morgan fingerprint density at radius 2 is 1.55 bits per heavy atom. The number of hydrogen-bond acceptors (Lipinski definition) is 4. The number of carbonyl (C=O) groups excluding carboxylic acids is 3. The molecule has 0 atom stereocenters. The summed E-state index contributed by atoms with van der Waals surface area (Å²) in [5.41, 5.74) is 0.727. The van der Waals surface area contributed by atoms with E-state index in [4.69, 9.17) is 0 Å². The molecule has 31 heavy (non-hydrogen) atoms. The van der Waals surface area contributed by atoms with Crippen LogP contribution in [0.5, 0.6) is 0 Å². The average molecular weight is 421 g/mol. The molecule has 7 heteroatoms. The molecule has 1 aliphatic carbocycles. The highest BCUT2D eigenvalue weighted by Gasteiger charge is 2.56. The van der Waals surface area contributed by atoms with Gasteiger partial charge in [0.25, 0.3) is 5.91 Å². The van der Waals surface area contributed by atoms with Crippen molar-refractivity contribution in [3.8, 4) is 0 Å². The van der Waals surface area contributed by atoms with Crippen LogP contribution in [0, 0.1) is 0 Å². The molecule has 1 aliphatic heterocycles. The Morgan fingerprint density at radius 3 is 2.13 bits per heavy atom. The first-order valence-corrected chi connectivity index (χ1v) is 10.6. The monoisotopic (exact) mass is 420 g/mol. The average Bonchev–Trinajstić information content (AvgIpc) is 2.99. The molecule has 0 bridgehead atoms. The number of urea groups is 1. The Labute approximate surface area is 182 Å². The van der Waals surface area contributed by atoms with E-state index in [2.05, 4.69) is 41.8 Å². The summed E-state index contributed by atoms with van der Waals surface area (Å²) in [6, 6.07) is 18.8. The van der Waals surface area contributed by atoms with Gasteiger partial charge in [0.2, 0.25) is 5.91 Å². The van der Waals surface area contributed by atoms with Gasteiger partial charge in [0.1, 0.15) is 12.1 Å². The fourth-order valence-electron chi connectivity index (χ4n) is 4.86. The van der Waals surface area contributed by atoms with Crippen molar-refractivity contribution < 1.29 is 14.4 Å². The Hall–Kier alpha value is -3.19. The molecule has 0 radical (unpaired) electrons. The zero-order chi connectivity index (χ0) is 22.1. The van der Waals surface area contributed by atoms with E-state index in [1.54, 1.807) is 12.1 Å². The fourth-order valence-corrected chi connectivity index (χ4v) is 4.86. The number of para-hydroxylation sites is 1. The maximum atomic E-state index is 13.2. The minimum absolute atomic E-state index is 0.185. The normalized spacial score (nSPS) is 25.7. The topological polar surface area (TPSA) is 81.8 Å². The predicted molar refractivity (Wildman–Crippen MR) is 118 cm³/mol. The second kappa shape index (κ2) is 8.15. The van der Waals surface area contributed by atoms with E-state index >= 15 is 0 Å². The Bertz CT molecular complexity index is 967. The first kappa shape index (κ1) is 21.1. The first-order valence-electron chi connectivity index (χ1n) is 10.6. The maximum absolute atomic E-state index is 13.2. The SMILES string of the molecule is CN(C)[C@]1(c2ccccc2)CC[C@]2(CC1)NC(=O)N(CC(=O)Nc1ccccc1)C2=O. The van der Waals surface area contributed by atoms with Gasteiger partial charge in [0, 0.05) is 11.2 Å². The molecular weight excluding hydrogens is 392 g/mol. The molecular formula is C24H28N4O3. The summed E-state index contributed by atoms with van der Waals surface area (Å²) in [6.45, 7) is -0.293. The molecule has 0 aromatic heterocycles. The van der Waals surface area contributed by atoms with Crippen LogP contribution in [0.2, 0.25) is 0 Å². The van der Waals surface area contributed by atoms with Gasteiger partial charge in [-0.05, 0) is 57.5 Å². The van der Waals surface area contributed by atoms with E-state index in [1.807, 2.05) is 36.4 Å². The van der Waals surface area contributed by atoms with Crippen molar-refractivity contribution in [1.29, 1.82) is 0 Å². The number of nitrogens with zero attached hydrogens (tertiary/aromatic N) is 2. The number of rotatable bonds is 5. The standard InChI is InChI=1S/C24H28N4O3/c1-27(2)24(18-9-5-3-6-10-18)15-13-23(14-16-24)21(30)28(22(31)26-23)17-20(29)25-19-11-7-4-8-12-19/h3-12H,13-17H2,1-2H3,(H,25,29)(H,26,31)/t23-,24-. The quantitative estimate of drug-likeness (QED) is 0.729. The van der Waals surface area contributed by atoms with Gasteiger partial charge in [-0.2, -0.15) is 0 Å². The van der Waals surface area contributed by atoms with Crippen LogP contribution in [0.15, 0.2) is 60.7 Å². The Morgan fingerprint density at radius 1 is 0.968 bits per heavy atom. The van der Waals surface area contributed by atoms with Crippen molar-refractivity contribution in [3.63, 3.8) is 0 Å². The summed E-state index contributed by atoms with van der Waals surface area (Å²) in [6.07, 6.45) is 2.53. The number of anilines is 1. The molecule has 162 valence electrons. The molecule has 2 aliphatic rings. The summed E-state index contributed by atoms with van der Waals surface area (Å²) in [4.78, 5) is 41.5. The van der Waals surface area contributed by atoms with E-state index < -0.39 is 17.5 Å². The number of imide groups is 1.